The smallest absolute Gasteiger partial charge is 0.407 e. The van der Waals surface area contributed by atoms with Gasteiger partial charge in [0.1, 0.15) is 5.60 Å². The minimum Gasteiger partial charge on any atom is -0.444 e. The predicted molar refractivity (Wildman–Crippen MR) is 88.0 cm³/mol. The number of carbonyl (C=O) groups is 1. The highest BCUT2D eigenvalue weighted by Gasteiger charge is 2.17. The maximum absolute atomic E-state index is 11.5. The second-order valence-corrected chi connectivity index (χ2v) is 6.50. The van der Waals surface area contributed by atoms with Gasteiger partial charge >= 0.3 is 6.09 Å². The first-order valence-electron chi connectivity index (χ1n) is 7.89. The molecule has 2 N–H and O–H groups in total. The van der Waals surface area contributed by atoms with Gasteiger partial charge in [0.15, 0.2) is 0 Å². The summed E-state index contributed by atoms with van der Waals surface area (Å²) in [5.41, 5.74) is 3.02. The van der Waals surface area contributed by atoms with Gasteiger partial charge in [-0.1, -0.05) is 0 Å². The molecule has 0 radical (unpaired) electrons. The summed E-state index contributed by atoms with van der Waals surface area (Å²) in [5.74, 6) is 0. The highest BCUT2D eigenvalue weighted by atomic mass is 16.6. The van der Waals surface area contributed by atoms with Crippen LogP contribution in [0.4, 0.5) is 4.79 Å². The van der Waals surface area contributed by atoms with E-state index in [0.29, 0.717) is 13.1 Å². The van der Waals surface area contributed by atoms with E-state index in [2.05, 4.69) is 36.5 Å². The maximum Gasteiger partial charge on any atom is 0.407 e. The molecule has 1 rings (SSSR count). The van der Waals surface area contributed by atoms with Crippen LogP contribution in [0, 0.1) is 13.8 Å². The topological polar surface area (TPSA) is 68.2 Å². The number of ether oxygens (including phenoxy) is 1. The molecule has 1 heterocycles. The number of aryl methyl sites for hydroxylation is 2. The minimum atomic E-state index is -0.465. The van der Waals surface area contributed by atoms with Crippen molar-refractivity contribution >= 4 is 6.09 Å². The van der Waals surface area contributed by atoms with Crippen molar-refractivity contribution in [2.45, 2.75) is 66.7 Å². The lowest BCUT2D eigenvalue weighted by atomic mass is 10.1. The van der Waals surface area contributed by atoms with Crippen molar-refractivity contribution in [1.82, 2.24) is 20.4 Å². The first kappa shape index (κ1) is 18.5. The second kappa shape index (κ2) is 7.63. The Morgan fingerprint density at radius 1 is 1.32 bits per heavy atom. The number of rotatable bonds is 6. The third-order valence-corrected chi connectivity index (χ3v) is 3.41. The summed E-state index contributed by atoms with van der Waals surface area (Å²) in [6, 6.07) is 0.195. The lowest BCUT2D eigenvalue weighted by Gasteiger charge is -2.20. The molecule has 1 amide bonds. The molecule has 0 bridgehead atoms. The van der Waals surface area contributed by atoms with Crippen LogP contribution in [0.25, 0.3) is 0 Å². The Bertz CT molecular complexity index is 503. The van der Waals surface area contributed by atoms with Crippen molar-refractivity contribution in [3.63, 3.8) is 0 Å². The highest BCUT2D eigenvalue weighted by molar-refractivity contribution is 5.67. The molecular formula is C16H30N4O2. The van der Waals surface area contributed by atoms with E-state index in [-0.39, 0.29) is 12.1 Å². The van der Waals surface area contributed by atoms with E-state index in [1.807, 2.05) is 32.4 Å². The van der Waals surface area contributed by atoms with E-state index in [1.165, 1.54) is 11.3 Å². The molecule has 6 nitrogen and oxygen atoms in total. The van der Waals surface area contributed by atoms with Gasteiger partial charge in [-0.3, -0.25) is 4.68 Å². The van der Waals surface area contributed by atoms with Crippen molar-refractivity contribution < 1.29 is 9.53 Å². The van der Waals surface area contributed by atoms with Gasteiger partial charge < -0.3 is 15.4 Å². The van der Waals surface area contributed by atoms with Crippen LogP contribution < -0.4 is 10.6 Å². The molecule has 1 atom stereocenters. The maximum atomic E-state index is 11.5. The molecule has 0 fully saturated rings. The monoisotopic (exact) mass is 310 g/mol. The van der Waals surface area contributed by atoms with E-state index >= 15 is 0 Å². The quantitative estimate of drug-likeness (QED) is 0.793. The fraction of sp³-hybridized carbons (Fsp3) is 0.750. The molecule has 6 heteroatoms. The van der Waals surface area contributed by atoms with Gasteiger partial charge in [-0.05, 0) is 48.5 Å². The average Bonchev–Trinajstić information content (AvgIpc) is 2.67. The number of alkyl carbamates (subject to hydrolysis) is 1. The van der Waals surface area contributed by atoms with E-state index in [1.54, 1.807) is 0 Å². The Morgan fingerprint density at radius 2 is 1.95 bits per heavy atom. The molecule has 0 aliphatic heterocycles. The summed E-state index contributed by atoms with van der Waals surface area (Å²) in [5, 5.41) is 10.7. The van der Waals surface area contributed by atoms with E-state index < -0.39 is 5.60 Å². The van der Waals surface area contributed by atoms with Crippen molar-refractivity contribution in [2.75, 3.05) is 13.1 Å². The number of nitrogens with zero attached hydrogens (tertiary/aromatic N) is 2. The van der Waals surface area contributed by atoms with Crippen LogP contribution in [0.2, 0.25) is 0 Å². The molecule has 0 spiro atoms. The second-order valence-electron chi connectivity index (χ2n) is 6.50. The molecule has 0 aliphatic carbocycles. The normalized spacial score (nSPS) is 13.0. The van der Waals surface area contributed by atoms with Crippen LogP contribution in [0.5, 0.6) is 0 Å². The Labute approximate surface area is 133 Å². The van der Waals surface area contributed by atoms with Crippen LogP contribution in [-0.4, -0.2) is 34.6 Å². The number of amides is 1. The number of hydrogen-bond donors (Lipinski definition) is 2. The molecule has 0 aromatic carbocycles. The summed E-state index contributed by atoms with van der Waals surface area (Å²) in [6.45, 7) is 16.0. The Morgan fingerprint density at radius 3 is 2.45 bits per heavy atom. The van der Waals surface area contributed by atoms with E-state index in [9.17, 15) is 4.79 Å². The van der Waals surface area contributed by atoms with Gasteiger partial charge in [-0.15, -0.1) is 0 Å². The lowest BCUT2D eigenvalue weighted by Crippen LogP contribution is -2.37. The van der Waals surface area contributed by atoms with E-state index in [4.69, 9.17) is 4.74 Å². The van der Waals surface area contributed by atoms with Gasteiger partial charge in [-0.25, -0.2) is 4.79 Å². The Balaban J connectivity index is 2.43. The first-order chi connectivity index (χ1) is 10.2. The van der Waals surface area contributed by atoms with Gasteiger partial charge in [0, 0.05) is 36.9 Å². The van der Waals surface area contributed by atoms with Crippen LogP contribution in [0.15, 0.2) is 0 Å². The molecule has 1 unspecified atom stereocenters. The molecule has 22 heavy (non-hydrogen) atoms. The highest BCUT2D eigenvalue weighted by Crippen LogP contribution is 2.20. The zero-order chi connectivity index (χ0) is 16.9. The molecular weight excluding hydrogens is 280 g/mol. The van der Waals surface area contributed by atoms with Crippen molar-refractivity contribution in [1.29, 1.82) is 0 Å². The summed E-state index contributed by atoms with van der Waals surface area (Å²) < 4.78 is 7.21. The van der Waals surface area contributed by atoms with Gasteiger partial charge in [-0.2, -0.15) is 5.10 Å². The number of carbonyl (C=O) groups excluding carboxylic acids is 1. The Hall–Kier alpha value is -1.56. The molecule has 0 saturated carbocycles. The SMILES string of the molecule is CCn1nc(C)c(C(C)NCCNC(=O)OC(C)(C)C)c1C. The molecule has 1 aromatic rings. The van der Waals surface area contributed by atoms with Gasteiger partial charge in [0.2, 0.25) is 0 Å². The van der Waals surface area contributed by atoms with Crippen LogP contribution in [-0.2, 0) is 11.3 Å². The van der Waals surface area contributed by atoms with Gasteiger partial charge in [0.25, 0.3) is 0 Å². The minimum absolute atomic E-state index is 0.195. The third kappa shape index (κ3) is 5.33. The number of nitrogens with one attached hydrogen (secondary N) is 2. The molecule has 1 aromatic heterocycles. The summed E-state index contributed by atoms with van der Waals surface area (Å²) in [4.78, 5) is 11.5. The number of hydrogen-bond acceptors (Lipinski definition) is 4. The fourth-order valence-corrected chi connectivity index (χ4v) is 2.51. The average molecular weight is 310 g/mol. The van der Waals surface area contributed by atoms with Crippen LogP contribution >= 0.6 is 0 Å². The van der Waals surface area contributed by atoms with Crippen LogP contribution in [0.1, 0.15) is 57.6 Å². The first-order valence-corrected chi connectivity index (χ1v) is 7.89. The van der Waals surface area contributed by atoms with Crippen molar-refractivity contribution in [3.05, 3.63) is 17.0 Å². The van der Waals surface area contributed by atoms with Gasteiger partial charge in [0.05, 0.1) is 5.69 Å². The molecule has 0 saturated heterocycles. The van der Waals surface area contributed by atoms with E-state index in [0.717, 1.165) is 12.2 Å². The summed E-state index contributed by atoms with van der Waals surface area (Å²) in [6.07, 6.45) is -0.381. The number of aromatic nitrogens is 2. The zero-order valence-corrected chi connectivity index (χ0v) is 14.9. The predicted octanol–water partition coefficient (Wildman–Crippen LogP) is 2.70. The summed E-state index contributed by atoms with van der Waals surface area (Å²) >= 11 is 0. The molecule has 0 aliphatic rings. The third-order valence-electron chi connectivity index (χ3n) is 3.41. The van der Waals surface area contributed by atoms with Crippen LogP contribution in [0.3, 0.4) is 0 Å². The summed E-state index contributed by atoms with van der Waals surface area (Å²) in [7, 11) is 0. The Kier molecular flexibility index (Phi) is 6.41. The largest absolute Gasteiger partial charge is 0.444 e. The fourth-order valence-electron chi connectivity index (χ4n) is 2.51. The standard InChI is InChI=1S/C16H30N4O2/c1-8-20-13(4)14(12(3)19-20)11(2)17-9-10-18-15(21)22-16(5,6)7/h11,17H,8-10H2,1-7H3,(H,18,21). The lowest BCUT2D eigenvalue weighted by molar-refractivity contribution is 0.0528. The van der Waals surface area contributed by atoms with Crippen molar-refractivity contribution in [2.24, 2.45) is 0 Å². The zero-order valence-electron chi connectivity index (χ0n) is 14.9. The molecule has 126 valence electrons. The van der Waals surface area contributed by atoms with Crippen molar-refractivity contribution in [3.8, 4) is 0 Å².